The molecule has 2 rings (SSSR count). The Labute approximate surface area is 134 Å². The molecule has 0 spiro atoms. The second kappa shape index (κ2) is 7.57. The number of aliphatic hydroxyl groups is 1. The Morgan fingerprint density at radius 3 is 1.68 bits per heavy atom. The molecular formula is C20H27NO. The first-order chi connectivity index (χ1) is 10.5. The number of benzene rings is 2. The van der Waals surface area contributed by atoms with Gasteiger partial charge in [0, 0.05) is 12.5 Å². The van der Waals surface area contributed by atoms with Crippen LogP contribution in [-0.2, 0) is 5.60 Å². The van der Waals surface area contributed by atoms with E-state index in [9.17, 15) is 5.11 Å². The second-order valence-corrected chi connectivity index (χ2v) is 6.45. The summed E-state index contributed by atoms with van der Waals surface area (Å²) < 4.78 is 0. The van der Waals surface area contributed by atoms with Crippen LogP contribution in [0.2, 0.25) is 0 Å². The third kappa shape index (κ3) is 3.76. The van der Waals surface area contributed by atoms with Gasteiger partial charge in [0.2, 0.25) is 0 Å². The van der Waals surface area contributed by atoms with Crippen molar-refractivity contribution >= 4 is 0 Å². The molecule has 2 heteroatoms. The Balaban J connectivity index is 2.30. The largest absolute Gasteiger partial charge is 0.380 e. The molecular weight excluding hydrogens is 270 g/mol. The van der Waals surface area contributed by atoms with E-state index >= 15 is 0 Å². The molecule has 0 amide bonds. The predicted molar refractivity (Wildman–Crippen MR) is 92.8 cm³/mol. The SMILES string of the molecule is CC(C)CNCC(C)C(O)(c1ccccc1)c1ccccc1. The standard InChI is InChI=1S/C20H27NO/c1-16(2)14-21-15-17(3)20(22,18-10-6-4-7-11-18)19-12-8-5-9-13-19/h4-13,16-17,21-22H,14-15H2,1-3H3. The van der Waals surface area contributed by atoms with E-state index in [1.165, 1.54) is 0 Å². The van der Waals surface area contributed by atoms with Crippen LogP contribution in [0.1, 0.15) is 31.9 Å². The Kier molecular flexibility index (Phi) is 5.76. The summed E-state index contributed by atoms with van der Waals surface area (Å²) in [4.78, 5) is 0. The molecule has 0 radical (unpaired) electrons. The second-order valence-electron chi connectivity index (χ2n) is 6.45. The lowest BCUT2D eigenvalue weighted by atomic mass is 9.77. The van der Waals surface area contributed by atoms with Gasteiger partial charge >= 0.3 is 0 Å². The van der Waals surface area contributed by atoms with Crippen molar-refractivity contribution < 1.29 is 5.11 Å². The molecule has 2 nitrogen and oxygen atoms in total. The van der Waals surface area contributed by atoms with Crippen molar-refractivity contribution in [2.45, 2.75) is 26.4 Å². The smallest absolute Gasteiger partial charge is 0.118 e. The lowest BCUT2D eigenvalue weighted by Gasteiger charge is -2.35. The summed E-state index contributed by atoms with van der Waals surface area (Å²) in [5, 5.41) is 15.0. The normalized spacial score (nSPS) is 13.3. The molecule has 118 valence electrons. The van der Waals surface area contributed by atoms with Crippen LogP contribution in [-0.4, -0.2) is 18.2 Å². The zero-order valence-corrected chi connectivity index (χ0v) is 13.8. The Morgan fingerprint density at radius 1 is 0.818 bits per heavy atom. The van der Waals surface area contributed by atoms with Crippen molar-refractivity contribution in [2.75, 3.05) is 13.1 Å². The zero-order valence-electron chi connectivity index (χ0n) is 13.8. The van der Waals surface area contributed by atoms with Gasteiger partial charge in [-0.15, -0.1) is 0 Å². The fourth-order valence-corrected chi connectivity index (χ4v) is 2.86. The maximum atomic E-state index is 11.5. The van der Waals surface area contributed by atoms with E-state index in [-0.39, 0.29) is 5.92 Å². The quantitative estimate of drug-likeness (QED) is 0.814. The van der Waals surface area contributed by atoms with E-state index in [1.54, 1.807) is 0 Å². The van der Waals surface area contributed by atoms with Crippen LogP contribution < -0.4 is 5.32 Å². The Hall–Kier alpha value is -1.64. The first-order valence-corrected chi connectivity index (χ1v) is 8.09. The molecule has 0 saturated carbocycles. The van der Waals surface area contributed by atoms with Gasteiger partial charge in [0.15, 0.2) is 0 Å². The van der Waals surface area contributed by atoms with Crippen molar-refractivity contribution in [3.05, 3.63) is 71.8 Å². The van der Waals surface area contributed by atoms with Crippen molar-refractivity contribution in [1.82, 2.24) is 5.32 Å². The first kappa shape index (κ1) is 16.7. The molecule has 0 heterocycles. The van der Waals surface area contributed by atoms with Crippen molar-refractivity contribution in [3.8, 4) is 0 Å². The van der Waals surface area contributed by atoms with Gasteiger partial charge in [0.05, 0.1) is 0 Å². The summed E-state index contributed by atoms with van der Waals surface area (Å²) in [6.45, 7) is 8.23. The molecule has 22 heavy (non-hydrogen) atoms. The summed E-state index contributed by atoms with van der Waals surface area (Å²) >= 11 is 0. The predicted octanol–water partition coefficient (Wildman–Crippen LogP) is 3.80. The van der Waals surface area contributed by atoms with Crippen LogP contribution in [0.5, 0.6) is 0 Å². The van der Waals surface area contributed by atoms with Crippen molar-refractivity contribution in [1.29, 1.82) is 0 Å². The van der Waals surface area contributed by atoms with Crippen LogP contribution in [0.15, 0.2) is 60.7 Å². The summed E-state index contributed by atoms with van der Waals surface area (Å²) in [6.07, 6.45) is 0. The molecule has 2 aromatic carbocycles. The molecule has 2 aromatic rings. The minimum atomic E-state index is -0.980. The summed E-state index contributed by atoms with van der Waals surface area (Å²) in [6, 6.07) is 19.9. The molecule has 1 atom stereocenters. The molecule has 0 aliphatic heterocycles. The van der Waals surface area contributed by atoms with E-state index < -0.39 is 5.60 Å². The highest BCUT2D eigenvalue weighted by molar-refractivity contribution is 5.36. The van der Waals surface area contributed by atoms with Gasteiger partial charge in [-0.05, 0) is 23.6 Å². The van der Waals surface area contributed by atoms with Gasteiger partial charge in [0.25, 0.3) is 0 Å². The maximum Gasteiger partial charge on any atom is 0.118 e. The fourth-order valence-electron chi connectivity index (χ4n) is 2.86. The van der Waals surface area contributed by atoms with Crippen LogP contribution in [0.4, 0.5) is 0 Å². The molecule has 0 aromatic heterocycles. The van der Waals surface area contributed by atoms with Crippen LogP contribution in [0.3, 0.4) is 0 Å². The summed E-state index contributed by atoms with van der Waals surface area (Å²) in [5.74, 6) is 0.671. The van der Waals surface area contributed by atoms with Gasteiger partial charge < -0.3 is 10.4 Å². The van der Waals surface area contributed by atoms with Gasteiger partial charge in [-0.25, -0.2) is 0 Å². The van der Waals surface area contributed by atoms with Gasteiger partial charge in [0.1, 0.15) is 5.60 Å². The topological polar surface area (TPSA) is 32.3 Å². The van der Waals surface area contributed by atoms with Crippen LogP contribution >= 0.6 is 0 Å². The highest BCUT2D eigenvalue weighted by atomic mass is 16.3. The summed E-state index contributed by atoms with van der Waals surface area (Å²) in [5.41, 5.74) is 0.909. The van der Waals surface area contributed by atoms with Gasteiger partial charge in [-0.2, -0.15) is 0 Å². The summed E-state index contributed by atoms with van der Waals surface area (Å²) in [7, 11) is 0. The van der Waals surface area contributed by atoms with Crippen molar-refractivity contribution in [3.63, 3.8) is 0 Å². The maximum absolute atomic E-state index is 11.5. The monoisotopic (exact) mass is 297 g/mol. The minimum Gasteiger partial charge on any atom is -0.380 e. The average molecular weight is 297 g/mol. The lowest BCUT2D eigenvalue weighted by molar-refractivity contribution is 0.0239. The first-order valence-electron chi connectivity index (χ1n) is 8.09. The number of hydrogen-bond donors (Lipinski definition) is 2. The number of hydrogen-bond acceptors (Lipinski definition) is 2. The molecule has 0 aliphatic rings. The van der Waals surface area contributed by atoms with E-state index in [0.29, 0.717) is 5.92 Å². The number of rotatable bonds is 7. The average Bonchev–Trinajstić information content (AvgIpc) is 2.55. The van der Waals surface area contributed by atoms with E-state index in [1.807, 2.05) is 60.7 Å². The van der Waals surface area contributed by atoms with E-state index in [2.05, 4.69) is 26.1 Å². The minimum absolute atomic E-state index is 0.0658. The molecule has 0 bridgehead atoms. The molecule has 0 saturated heterocycles. The Morgan fingerprint density at radius 2 is 1.27 bits per heavy atom. The van der Waals surface area contributed by atoms with Gasteiger partial charge in [-0.1, -0.05) is 81.4 Å². The van der Waals surface area contributed by atoms with Crippen LogP contribution in [0, 0.1) is 11.8 Å². The number of nitrogens with one attached hydrogen (secondary N) is 1. The molecule has 1 unspecified atom stereocenters. The molecule has 2 N–H and O–H groups in total. The van der Waals surface area contributed by atoms with E-state index in [4.69, 9.17) is 0 Å². The third-order valence-electron chi connectivity index (χ3n) is 4.14. The highest BCUT2D eigenvalue weighted by Gasteiger charge is 2.37. The van der Waals surface area contributed by atoms with Gasteiger partial charge in [-0.3, -0.25) is 0 Å². The zero-order chi connectivity index (χ0) is 16.0. The molecule has 0 aliphatic carbocycles. The van der Waals surface area contributed by atoms with Crippen LogP contribution in [0.25, 0.3) is 0 Å². The lowest BCUT2D eigenvalue weighted by Crippen LogP contribution is -2.41. The van der Waals surface area contributed by atoms with E-state index in [0.717, 1.165) is 24.2 Å². The van der Waals surface area contributed by atoms with Crippen molar-refractivity contribution in [2.24, 2.45) is 11.8 Å². The highest BCUT2D eigenvalue weighted by Crippen LogP contribution is 2.36. The third-order valence-corrected chi connectivity index (χ3v) is 4.14. The fraction of sp³-hybridized carbons (Fsp3) is 0.400. The Bertz CT molecular complexity index is 511. The molecule has 0 fully saturated rings.